The third kappa shape index (κ3) is 5.15. The molecule has 170 valence electrons. The van der Waals surface area contributed by atoms with E-state index >= 15 is 0 Å². The lowest BCUT2D eigenvalue weighted by Gasteiger charge is -2.25. The maximum absolute atomic E-state index is 14.5. The molecular formula is C22H27FN5O3P. The Hall–Kier alpha value is -2.80. The molecule has 0 saturated carbocycles. The molecule has 0 aromatic carbocycles. The van der Waals surface area contributed by atoms with Crippen molar-refractivity contribution in [3.05, 3.63) is 41.9 Å². The van der Waals surface area contributed by atoms with Gasteiger partial charge in [-0.15, -0.1) is 0 Å². The first-order valence-corrected chi connectivity index (χ1v) is 11.3. The second kappa shape index (κ2) is 9.36. The molecule has 2 aliphatic rings. The Morgan fingerprint density at radius 3 is 2.75 bits per heavy atom. The Morgan fingerprint density at radius 1 is 1.34 bits per heavy atom. The molecule has 2 aliphatic heterocycles. The first-order valence-electron chi connectivity index (χ1n) is 10.7. The fraction of sp³-hybridized carbons (Fsp3) is 0.455. The van der Waals surface area contributed by atoms with E-state index in [4.69, 9.17) is 9.47 Å². The molecule has 1 N–H and O–H groups in total. The maximum atomic E-state index is 14.5. The highest BCUT2D eigenvalue weighted by molar-refractivity contribution is 7.18. The van der Waals surface area contributed by atoms with Crippen LogP contribution in [0.25, 0.3) is 5.76 Å². The Balaban J connectivity index is 1.66. The highest BCUT2D eigenvalue weighted by Crippen LogP contribution is 2.40. The van der Waals surface area contributed by atoms with Crippen molar-refractivity contribution in [3.63, 3.8) is 0 Å². The molecule has 0 spiro atoms. The van der Waals surface area contributed by atoms with Crippen molar-refractivity contribution in [2.45, 2.75) is 44.6 Å². The molecule has 2 aromatic rings. The van der Waals surface area contributed by atoms with E-state index in [0.29, 0.717) is 42.4 Å². The third-order valence-electron chi connectivity index (χ3n) is 5.15. The fourth-order valence-corrected chi connectivity index (χ4v) is 3.98. The van der Waals surface area contributed by atoms with Crippen LogP contribution in [0.5, 0.6) is 6.01 Å². The smallest absolute Gasteiger partial charge is 0.316 e. The van der Waals surface area contributed by atoms with Crippen molar-refractivity contribution >= 4 is 32.4 Å². The summed E-state index contributed by atoms with van der Waals surface area (Å²) in [4.78, 5) is 27.6. The fourth-order valence-electron chi connectivity index (χ4n) is 3.63. The second-order valence-electron chi connectivity index (χ2n) is 8.20. The van der Waals surface area contributed by atoms with Gasteiger partial charge in [0.2, 0.25) is 0 Å². The molecule has 2 unspecified atom stereocenters. The lowest BCUT2D eigenvalue weighted by atomic mass is 10.1. The van der Waals surface area contributed by atoms with Crippen LogP contribution in [0, 0.1) is 0 Å². The molecule has 0 aliphatic carbocycles. The number of nitrogens with one attached hydrogen (secondary N) is 1. The van der Waals surface area contributed by atoms with Gasteiger partial charge in [0.15, 0.2) is 5.82 Å². The van der Waals surface area contributed by atoms with E-state index in [1.54, 1.807) is 12.3 Å². The van der Waals surface area contributed by atoms with Crippen molar-refractivity contribution < 1.29 is 18.7 Å². The summed E-state index contributed by atoms with van der Waals surface area (Å²) in [6, 6.07) is 2.00. The van der Waals surface area contributed by atoms with Crippen LogP contribution in [-0.4, -0.2) is 52.1 Å². The molecule has 2 aromatic heterocycles. The van der Waals surface area contributed by atoms with E-state index < -0.39 is 11.3 Å². The summed E-state index contributed by atoms with van der Waals surface area (Å²) in [7, 11) is 2.27. The average Bonchev–Trinajstić information content (AvgIpc) is 3.14. The first kappa shape index (κ1) is 22.4. The predicted octanol–water partition coefficient (Wildman–Crippen LogP) is 3.81. The molecule has 1 amide bonds. The van der Waals surface area contributed by atoms with Gasteiger partial charge in [-0.05, 0) is 38.8 Å². The van der Waals surface area contributed by atoms with Gasteiger partial charge in [0.25, 0.3) is 5.91 Å². The van der Waals surface area contributed by atoms with Crippen LogP contribution in [0.2, 0.25) is 0 Å². The van der Waals surface area contributed by atoms with E-state index in [0.717, 1.165) is 12.8 Å². The summed E-state index contributed by atoms with van der Waals surface area (Å²) in [6.45, 7) is 5.00. The molecule has 0 bridgehead atoms. The Morgan fingerprint density at radius 2 is 2.12 bits per heavy atom. The number of carbonyl (C=O) groups excluding carboxylic acids is 1. The Bertz CT molecular complexity index is 1010. The van der Waals surface area contributed by atoms with Crippen molar-refractivity contribution in [3.8, 4) is 6.01 Å². The monoisotopic (exact) mass is 459 g/mol. The number of hydrogen-bond acceptors (Lipinski definition) is 7. The van der Waals surface area contributed by atoms with E-state index in [2.05, 4.69) is 29.5 Å². The number of aromatic nitrogens is 3. The SMILES string of the molecule is CC(C)Oc1ncc(C(=O)Nc2c(C3=CCCCO3)ccnc2N2CCC(F)(P)C2)cn1. The summed E-state index contributed by atoms with van der Waals surface area (Å²) in [5.74, 6) is 0.793. The maximum Gasteiger partial charge on any atom is 0.316 e. The molecule has 10 heteroatoms. The minimum absolute atomic E-state index is 0.0706. The molecule has 1 fully saturated rings. The number of pyridine rings is 1. The first-order chi connectivity index (χ1) is 15.3. The van der Waals surface area contributed by atoms with Gasteiger partial charge in [-0.2, -0.15) is 0 Å². The zero-order valence-corrected chi connectivity index (χ0v) is 19.3. The van der Waals surface area contributed by atoms with Crippen LogP contribution in [0.3, 0.4) is 0 Å². The van der Waals surface area contributed by atoms with Gasteiger partial charge in [-0.3, -0.25) is 4.79 Å². The zero-order valence-electron chi connectivity index (χ0n) is 18.2. The quantitative estimate of drug-likeness (QED) is 0.657. The van der Waals surface area contributed by atoms with Crippen LogP contribution < -0.4 is 15.0 Å². The predicted molar refractivity (Wildman–Crippen MR) is 124 cm³/mol. The number of amides is 1. The van der Waals surface area contributed by atoms with Crippen LogP contribution in [0.15, 0.2) is 30.7 Å². The summed E-state index contributed by atoms with van der Waals surface area (Å²) < 4.78 is 25.8. The highest BCUT2D eigenvalue weighted by Gasteiger charge is 2.36. The number of ether oxygens (including phenoxy) is 2. The summed E-state index contributed by atoms with van der Waals surface area (Å²) in [5, 5.41) is 1.55. The average molecular weight is 459 g/mol. The van der Waals surface area contributed by atoms with Gasteiger partial charge in [0, 0.05) is 37.1 Å². The molecule has 32 heavy (non-hydrogen) atoms. The molecule has 2 atom stereocenters. The van der Waals surface area contributed by atoms with Crippen LogP contribution >= 0.6 is 9.24 Å². The lowest BCUT2D eigenvalue weighted by molar-refractivity contribution is 0.102. The number of nitrogens with zero attached hydrogens (tertiary/aromatic N) is 4. The van der Waals surface area contributed by atoms with Gasteiger partial charge >= 0.3 is 6.01 Å². The number of alkyl halides is 1. The summed E-state index contributed by atoms with van der Waals surface area (Å²) in [6.07, 6.45) is 8.60. The number of rotatable bonds is 6. The molecule has 1 saturated heterocycles. The molecule has 4 rings (SSSR count). The van der Waals surface area contributed by atoms with E-state index in [1.165, 1.54) is 12.4 Å². The number of halogens is 1. The molecular weight excluding hydrogens is 432 g/mol. The second-order valence-corrected chi connectivity index (χ2v) is 9.23. The van der Waals surface area contributed by atoms with Gasteiger partial charge in [-0.1, -0.05) is 9.24 Å². The number of hydrogen-bond donors (Lipinski definition) is 1. The number of carbonyl (C=O) groups is 1. The lowest BCUT2D eigenvalue weighted by Crippen LogP contribution is -2.27. The van der Waals surface area contributed by atoms with Crippen LogP contribution in [0.1, 0.15) is 49.0 Å². The van der Waals surface area contributed by atoms with Gasteiger partial charge in [0.1, 0.15) is 11.2 Å². The molecule has 4 heterocycles. The Labute approximate surface area is 188 Å². The van der Waals surface area contributed by atoms with Crippen molar-refractivity contribution in [2.75, 3.05) is 29.9 Å². The van der Waals surface area contributed by atoms with Gasteiger partial charge in [0.05, 0.1) is 30.5 Å². The standard InChI is InChI=1S/C22H27FN5O3P/c1-14(2)31-21-25-11-15(12-26-21)20(29)27-18-16(17-5-3-4-10-30-17)6-8-24-19(18)28-9-7-22(23,32)13-28/h5-6,8,11-12,14H,3-4,7,9-10,13,32H2,1-2H3,(H,27,29). The number of allylic oxidation sites excluding steroid dienone is 1. The summed E-state index contributed by atoms with van der Waals surface area (Å²) >= 11 is 0. The van der Waals surface area contributed by atoms with E-state index in [-0.39, 0.29) is 24.2 Å². The van der Waals surface area contributed by atoms with E-state index in [9.17, 15) is 9.18 Å². The van der Waals surface area contributed by atoms with Crippen LogP contribution in [0.4, 0.5) is 15.9 Å². The minimum atomic E-state index is -1.39. The van der Waals surface area contributed by atoms with Gasteiger partial charge < -0.3 is 19.7 Å². The Kier molecular flexibility index (Phi) is 6.55. The molecule has 0 radical (unpaired) electrons. The van der Waals surface area contributed by atoms with Gasteiger partial charge in [-0.25, -0.2) is 19.3 Å². The van der Waals surface area contributed by atoms with Crippen molar-refractivity contribution in [2.24, 2.45) is 0 Å². The minimum Gasteiger partial charge on any atom is -0.493 e. The summed E-state index contributed by atoms with van der Waals surface area (Å²) in [5.41, 5.74) is 1.47. The largest absolute Gasteiger partial charge is 0.493 e. The topological polar surface area (TPSA) is 89.5 Å². The van der Waals surface area contributed by atoms with Crippen LogP contribution in [-0.2, 0) is 4.74 Å². The van der Waals surface area contributed by atoms with E-state index in [1.807, 2.05) is 24.8 Å². The van der Waals surface area contributed by atoms with Crippen molar-refractivity contribution in [1.29, 1.82) is 0 Å². The third-order valence-corrected chi connectivity index (χ3v) is 5.62. The number of anilines is 2. The molecule has 8 nitrogen and oxygen atoms in total. The normalized spacial score (nSPS) is 20.7. The van der Waals surface area contributed by atoms with Crippen molar-refractivity contribution in [1.82, 2.24) is 15.0 Å². The highest BCUT2D eigenvalue weighted by atomic mass is 31.0. The zero-order chi connectivity index (χ0) is 22.7.